The summed E-state index contributed by atoms with van der Waals surface area (Å²) in [5.41, 5.74) is 2.46. The number of piperidine rings is 1. The third-order valence-electron chi connectivity index (χ3n) is 5.21. The van der Waals surface area contributed by atoms with E-state index in [0.717, 1.165) is 25.3 Å². The first kappa shape index (κ1) is 22.9. The standard InChI is InChI=1S/C25H34N2O4/c1-4-29-22-16-20(17-23(30-5-2)24(22)31-6-3)25(28)26-21-12-10-11-19(15-21)18-27-13-8-7-9-14-27/h10-12,15-17H,4-9,13-14,18H2,1-3H3,(H,26,28). The van der Waals surface area contributed by atoms with Crippen LogP contribution >= 0.6 is 0 Å². The minimum Gasteiger partial charge on any atom is -0.490 e. The number of amides is 1. The molecule has 3 rings (SSSR count). The molecule has 1 fully saturated rings. The first-order valence-corrected chi connectivity index (χ1v) is 11.3. The topological polar surface area (TPSA) is 60.0 Å². The lowest BCUT2D eigenvalue weighted by molar-refractivity contribution is 0.102. The van der Waals surface area contributed by atoms with Gasteiger partial charge in [0.15, 0.2) is 11.5 Å². The van der Waals surface area contributed by atoms with Crippen molar-refractivity contribution in [3.05, 3.63) is 47.5 Å². The van der Waals surface area contributed by atoms with Crippen molar-refractivity contribution >= 4 is 11.6 Å². The summed E-state index contributed by atoms with van der Waals surface area (Å²) in [5.74, 6) is 1.35. The largest absolute Gasteiger partial charge is 0.490 e. The summed E-state index contributed by atoms with van der Waals surface area (Å²) >= 11 is 0. The average molecular weight is 427 g/mol. The van der Waals surface area contributed by atoms with Gasteiger partial charge in [0.1, 0.15) is 0 Å². The number of ether oxygens (including phenoxy) is 3. The molecule has 1 aliphatic heterocycles. The lowest BCUT2D eigenvalue weighted by Crippen LogP contribution is -2.29. The van der Waals surface area contributed by atoms with Crippen LogP contribution in [0, 0.1) is 0 Å². The molecule has 1 amide bonds. The van der Waals surface area contributed by atoms with Crippen LogP contribution in [0.25, 0.3) is 0 Å². The molecule has 6 heteroatoms. The van der Waals surface area contributed by atoms with E-state index in [1.165, 1.54) is 24.8 Å². The van der Waals surface area contributed by atoms with E-state index >= 15 is 0 Å². The second-order valence-corrected chi connectivity index (χ2v) is 7.59. The molecule has 6 nitrogen and oxygen atoms in total. The summed E-state index contributed by atoms with van der Waals surface area (Å²) in [5, 5.41) is 3.02. The van der Waals surface area contributed by atoms with Gasteiger partial charge in [-0.2, -0.15) is 0 Å². The summed E-state index contributed by atoms with van der Waals surface area (Å²) in [6.45, 7) is 10.3. The second kappa shape index (κ2) is 11.6. The zero-order chi connectivity index (χ0) is 22.1. The summed E-state index contributed by atoms with van der Waals surface area (Å²) in [4.78, 5) is 15.5. The number of carbonyl (C=O) groups is 1. The van der Waals surface area contributed by atoms with Crippen molar-refractivity contribution in [3.8, 4) is 17.2 Å². The molecule has 0 aliphatic carbocycles. The number of hydrogen-bond donors (Lipinski definition) is 1. The Bertz CT molecular complexity index is 835. The molecule has 0 saturated carbocycles. The van der Waals surface area contributed by atoms with Crippen molar-refractivity contribution in [3.63, 3.8) is 0 Å². The zero-order valence-corrected chi connectivity index (χ0v) is 18.9. The van der Waals surface area contributed by atoms with Gasteiger partial charge < -0.3 is 19.5 Å². The average Bonchev–Trinajstić information content (AvgIpc) is 2.77. The Labute approximate surface area is 185 Å². The van der Waals surface area contributed by atoms with Crippen molar-refractivity contribution in [2.45, 2.75) is 46.6 Å². The highest BCUT2D eigenvalue weighted by atomic mass is 16.5. The summed E-state index contributed by atoms with van der Waals surface area (Å²) in [7, 11) is 0. The van der Waals surface area contributed by atoms with Crippen molar-refractivity contribution in [2.75, 3.05) is 38.2 Å². The van der Waals surface area contributed by atoms with E-state index in [2.05, 4.69) is 16.3 Å². The molecule has 0 spiro atoms. The first-order valence-electron chi connectivity index (χ1n) is 11.3. The lowest BCUT2D eigenvalue weighted by Gasteiger charge is -2.26. The molecule has 0 bridgehead atoms. The predicted octanol–water partition coefficient (Wildman–Crippen LogP) is 5.12. The van der Waals surface area contributed by atoms with E-state index in [-0.39, 0.29) is 5.91 Å². The van der Waals surface area contributed by atoms with E-state index in [1.54, 1.807) is 12.1 Å². The van der Waals surface area contributed by atoms with Crippen LogP contribution in [0.3, 0.4) is 0 Å². The Hall–Kier alpha value is -2.73. The van der Waals surface area contributed by atoms with Crippen LogP contribution in [-0.4, -0.2) is 43.7 Å². The highest BCUT2D eigenvalue weighted by Gasteiger charge is 2.19. The molecule has 0 radical (unpaired) electrons. The van der Waals surface area contributed by atoms with Gasteiger partial charge >= 0.3 is 0 Å². The maximum Gasteiger partial charge on any atom is 0.255 e. The second-order valence-electron chi connectivity index (χ2n) is 7.59. The number of benzene rings is 2. The highest BCUT2D eigenvalue weighted by Crippen LogP contribution is 2.39. The van der Waals surface area contributed by atoms with E-state index in [9.17, 15) is 4.79 Å². The Kier molecular flexibility index (Phi) is 8.59. The fraction of sp³-hybridized carbons (Fsp3) is 0.480. The zero-order valence-electron chi connectivity index (χ0n) is 18.9. The van der Waals surface area contributed by atoms with Crippen molar-refractivity contribution in [1.82, 2.24) is 4.90 Å². The summed E-state index contributed by atoms with van der Waals surface area (Å²) in [6, 6.07) is 11.5. The number of anilines is 1. The van der Waals surface area contributed by atoms with Gasteiger partial charge in [-0.3, -0.25) is 9.69 Å². The quantitative estimate of drug-likeness (QED) is 0.571. The molecule has 2 aromatic carbocycles. The Morgan fingerprint density at radius 1 is 0.903 bits per heavy atom. The molecule has 168 valence electrons. The fourth-order valence-electron chi connectivity index (χ4n) is 3.85. The maximum absolute atomic E-state index is 13.0. The Balaban J connectivity index is 1.78. The number of likely N-dealkylation sites (tertiary alicyclic amines) is 1. The third-order valence-corrected chi connectivity index (χ3v) is 5.21. The van der Waals surface area contributed by atoms with Gasteiger partial charge in [0.2, 0.25) is 5.75 Å². The fourth-order valence-corrected chi connectivity index (χ4v) is 3.85. The van der Waals surface area contributed by atoms with Crippen LogP contribution in [-0.2, 0) is 6.54 Å². The number of carbonyl (C=O) groups excluding carboxylic acids is 1. The first-order chi connectivity index (χ1) is 15.1. The van der Waals surface area contributed by atoms with Crippen LogP contribution in [0.1, 0.15) is 56.0 Å². The van der Waals surface area contributed by atoms with Crippen molar-refractivity contribution in [1.29, 1.82) is 0 Å². The highest BCUT2D eigenvalue weighted by molar-refractivity contribution is 6.05. The number of rotatable bonds is 10. The molecule has 0 unspecified atom stereocenters. The lowest BCUT2D eigenvalue weighted by atomic mass is 10.1. The third kappa shape index (κ3) is 6.37. The van der Waals surface area contributed by atoms with Gasteiger partial charge in [0, 0.05) is 17.8 Å². The van der Waals surface area contributed by atoms with E-state index < -0.39 is 0 Å². The van der Waals surface area contributed by atoms with E-state index in [0.29, 0.717) is 42.6 Å². The normalized spacial score (nSPS) is 14.2. The molecule has 2 aromatic rings. The van der Waals surface area contributed by atoms with Crippen LogP contribution in [0.4, 0.5) is 5.69 Å². The molecule has 0 aromatic heterocycles. The van der Waals surface area contributed by atoms with Gasteiger partial charge in [0.05, 0.1) is 19.8 Å². The van der Waals surface area contributed by atoms with Crippen molar-refractivity contribution in [2.24, 2.45) is 0 Å². The minimum atomic E-state index is -0.208. The van der Waals surface area contributed by atoms with E-state index in [4.69, 9.17) is 14.2 Å². The molecule has 1 heterocycles. The summed E-state index contributed by atoms with van der Waals surface area (Å²) in [6.07, 6.45) is 3.85. The van der Waals surface area contributed by atoms with Crippen LogP contribution in [0.15, 0.2) is 36.4 Å². The number of nitrogens with zero attached hydrogens (tertiary/aromatic N) is 1. The van der Waals surface area contributed by atoms with Gasteiger partial charge in [0.25, 0.3) is 5.91 Å². The number of hydrogen-bond acceptors (Lipinski definition) is 5. The van der Waals surface area contributed by atoms with Gasteiger partial charge in [-0.1, -0.05) is 18.6 Å². The van der Waals surface area contributed by atoms with Crippen LogP contribution < -0.4 is 19.5 Å². The molecule has 1 N–H and O–H groups in total. The maximum atomic E-state index is 13.0. The van der Waals surface area contributed by atoms with Gasteiger partial charge in [-0.25, -0.2) is 0 Å². The number of nitrogens with one attached hydrogen (secondary N) is 1. The molecule has 0 atom stereocenters. The van der Waals surface area contributed by atoms with Crippen LogP contribution in [0.5, 0.6) is 17.2 Å². The van der Waals surface area contributed by atoms with Crippen LogP contribution in [0.2, 0.25) is 0 Å². The smallest absolute Gasteiger partial charge is 0.255 e. The molecular weight excluding hydrogens is 392 g/mol. The SMILES string of the molecule is CCOc1cc(C(=O)Nc2cccc(CN3CCCCC3)c2)cc(OCC)c1OCC. The summed E-state index contributed by atoms with van der Waals surface area (Å²) < 4.78 is 17.2. The predicted molar refractivity (Wildman–Crippen MR) is 123 cm³/mol. The molecule has 1 aliphatic rings. The monoisotopic (exact) mass is 426 g/mol. The Morgan fingerprint density at radius 2 is 1.55 bits per heavy atom. The van der Waals surface area contributed by atoms with Crippen molar-refractivity contribution < 1.29 is 19.0 Å². The molecule has 31 heavy (non-hydrogen) atoms. The molecule has 1 saturated heterocycles. The minimum absolute atomic E-state index is 0.208. The Morgan fingerprint density at radius 3 is 2.16 bits per heavy atom. The van der Waals surface area contributed by atoms with Gasteiger partial charge in [-0.15, -0.1) is 0 Å². The van der Waals surface area contributed by atoms with Gasteiger partial charge in [-0.05, 0) is 76.5 Å². The van der Waals surface area contributed by atoms with E-state index in [1.807, 2.05) is 39.0 Å². The molecular formula is C25H34N2O4.